The normalized spacial score (nSPS) is 11.0. The molecule has 0 unspecified atom stereocenters. The fourth-order valence-corrected chi connectivity index (χ4v) is 5.19. The molecule has 0 aliphatic carbocycles. The molecule has 0 saturated carbocycles. The second kappa shape index (κ2) is 20.6. The van der Waals surface area contributed by atoms with Gasteiger partial charge in [0.25, 0.3) is 0 Å². The maximum atomic E-state index is 5.54. The zero-order valence-corrected chi connectivity index (χ0v) is 22.3. The van der Waals surface area contributed by atoms with E-state index in [4.69, 9.17) is 14.2 Å². The van der Waals surface area contributed by atoms with Gasteiger partial charge in [0, 0.05) is 23.4 Å². The second-order valence-corrected chi connectivity index (χ2v) is 9.97. The fraction of sp³-hybridized carbons (Fsp3) is 0.786. The van der Waals surface area contributed by atoms with Crippen molar-refractivity contribution in [2.75, 3.05) is 27.1 Å². The Hall–Kier alpha value is -1.03. The van der Waals surface area contributed by atoms with Gasteiger partial charge in [-0.25, -0.2) is 0 Å². The molecule has 0 radical (unpaired) electrons. The molecule has 0 amide bonds. The van der Waals surface area contributed by atoms with Crippen LogP contribution in [0.5, 0.6) is 17.2 Å². The van der Waals surface area contributed by atoms with Gasteiger partial charge in [0.1, 0.15) is 17.2 Å². The first-order chi connectivity index (χ1) is 15.8. The van der Waals surface area contributed by atoms with E-state index >= 15 is 0 Å². The Morgan fingerprint density at radius 2 is 0.969 bits per heavy atom. The molecule has 0 atom stereocenters. The Kier molecular flexibility index (Phi) is 18.6. The van der Waals surface area contributed by atoms with Gasteiger partial charge < -0.3 is 14.2 Å². The van der Waals surface area contributed by atoms with Gasteiger partial charge in [-0.2, -0.15) is 11.8 Å². The molecule has 4 heteroatoms. The van der Waals surface area contributed by atoms with Crippen molar-refractivity contribution in [3.05, 3.63) is 17.7 Å². The van der Waals surface area contributed by atoms with Crippen molar-refractivity contribution in [2.24, 2.45) is 0 Å². The van der Waals surface area contributed by atoms with Gasteiger partial charge in [-0.15, -0.1) is 0 Å². The summed E-state index contributed by atoms with van der Waals surface area (Å²) < 4.78 is 16.4. The Morgan fingerprint density at radius 1 is 0.562 bits per heavy atom. The predicted molar refractivity (Wildman–Crippen MR) is 142 cm³/mol. The summed E-state index contributed by atoms with van der Waals surface area (Å²) in [5.74, 6) is 4.57. The summed E-state index contributed by atoms with van der Waals surface area (Å²) in [6, 6.07) is 3.88. The predicted octanol–water partition coefficient (Wildman–Crippen LogP) is 9.21. The maximum absolute atomic E-state index is 5.54. The summed E-state index contributed by atoms with van der Waals surface area (Å²) >= 11 is 1.96. The van der Waals surface area contributed by atoms with Crippen LogP contribution >= 0.6 is 11.8 Å². The number of hydrogen-bond donors (Lipinski definition) is 0. The van der Waals surface area contributed by atoms with E-state index in [1.165, 1.54) is 108 Å². The standard InChI is InChI=1S/C28H50O3S/c1-5-6-7-8-9-10-11-12-13-14-15-16-17-18-19-20-21-32-24-26-27(30-3)22-25(29-2)23-28(26)31-4/h22-23H,5-21,24H2,1-4H3. The van der Waals surface area contributed by atoms with Gasteiger partial charge in [-0.3, -0.25) is 0 Å². The van der Waals surface area contributed by atoms with E-state index < -0.39 is 0 Å². The molecule has 3 nitrogen and oxygen atoms in total. The molecule has 0 heterocycles. The van der Waals surface area contributed by atoms with E-state index in [2.05, 4.69) is 6.92 Å². The molecule has 1 rings (SSSR count). The summed E-state index contributed by atoms with van der Waals surface area (Å²) in [7, 11) is 5.08. The number of unbranched alkanes of at least 4 members (excludes halogenated alkanes) is 15. The smallest absolute Gasteiger partial charge is 0.130 e. The van der Waals surface area contributed by atoms with Crippen LogP contribution in [-0.4, -0.2) is 27.1 Å². The highest BCUT2D eigenvalue weighted by molar-refractivity contribution is 7.98. The molecule has 1 aromatic carbocycles. The number of ether oxygens (including phenoxy) is 3. The molecule has 0 bridgehead atoms. The summed E-state index contributed by atoms with van der Waals surface area (Å²) in [4.78, 5) is 0. The number of benzene rings is 1. The van der Waals surface area contributed by atoms with Gasteiger partial charge in [0.2, 0.25) is 0 Å². The Morgan fingerprint density at radius 3 is 1.34 bits per heavy atom. The van der Waals surface area contributed by atoms with Crippen LogP contribution < -0.4 is 14.2 Å². The summed E-state index contributed by atoms with van der Waals surface area (Å²) in [6.07, 6.45) is 22.7. The van der Waals surface area contributed by atoms with Crippen LogP contribution in [0.2, 0.25) is 0 Å². The van der Waals surface area contributed by atoms with E-state index in [1.54, 1.807) is 21.3 Å². The van der Waals surface area contributed by atoms with E-state index in [9.17, 15) is 0 Å². The van der Waals surface area contributed by atoms with E-state index in [1.807, 2.05) is 23.9 Å². The van der Waals surface area contributed by atoms with Gasteiger partial charge in [-0.05, 0) is 12.2 Å². The largest absolute Gasteiger partial charge is 0.496 e. The highest BCUT2D eigenvalue weighted by atomic mass is 32.2. The Balaban J connectivity index is 1.96. The number of thioether (sulfide) groups is 1. The van der Waals surface area contributed by atoms with Crippen molar-refractivity contribution in [1.29, 1.82) is 0 Å². The molecular formula is C28H50O3S. The lowest BCUT2D eigenvalue weighted by Crippen LogP contribution is -1.97. The molecule has 0 spiro atoms. The first-order valence-corrected chi connectivity index (χ1v) is 14.3. The Bertz CT molecular complexity index is 537. The SMILES string of the molecule is CCCCCCCCCCCCCCCCCCSCc1c(OC)cc(OC)cc1OC. The topological polar surface area (TPSA) is 27.7 Å². The lowest BCUT2D eigenvalue weighted by atomic mass is 10.0. The van der Waals surface area contributed by atoms with Gasteiger partial charge >= 0.3 is 0 Å². The number of rotatable bonds is 22. The fourth-order valence-electron chi connectivity index (χ4n) is 4.15. The highest BCUT2D eigenvalue weighted by Gasteiger charge is 2.13. The lowest BCUT2D eigenvalue weighted by molar-refractivity contribution is 0.371. The molecular weight excluding hydrogens is 416 g/mol. The third-order valence-corrected chi connectivity index (χ3v) is 7.28. The third-order valence-electron chi connectivity index (χ3n) is 6.21. The van der Waals surface area contributed by atoms with Crippen LogP contribution in [-0.2, 0) is 5.75 Å². The van der Waals surface area contributed by atoms with Crippen LogP contribution in [0.1, 0.15) is 115 Å². The van der Waals surface area contributed by atoms with Crippen molar-refractivity contribution in [3.63, 3.8) is 0 Å². The minimum Gasteiger partial charge on any atom is -0.496 e. The minimum absolute atomic E-state index is 0.769. The molecule has 0 aliphatic rings. The first kappa shape index (κ1) is 29.0. The Labute approximate surface area is 203 Å². The van der Waals surface area contributed by atoms with Gasteiger partial charge in [0.15, 0.2) is 0 Å². The van der Waals surface area contributed by atoms with Crippen LogP contribution in [0.15, 0.2) is 12.1 Å². The van der Waals surface area contributed by atoms with Gasteiger partial charge in [0.05, 0.1) is 21.3 Å². The van der Waals surface area contributed by atoms with Crippen molar-refractivity contribution in [1.82, 2.24) is 0 Å². The highest BCUT2D eigenvalue weighted by Crippen LogP contribution is 2.36. The van der Waals surface area contributed by atoms with Crippen LogP contribution in [0.4, 0.5) is 0 Å². The summed E-state index contributed by atoms with van der Waals surface area (Å²) in [5.41, 5.74) is 1.12. The quantitative estimate of drug-likeness (QED) is 0.159. The third kappa shape index (κ3) is 13.5. The first-order valence-electron chi connectivity index (χ1n) is 13.1. The monoisotopic (exact) mass is 466 g/mol. The molecule has 0 aromatic heterocycles. The molecule has 1 aromatic rings. The van der Waals surface area contributed by atoms with E-state index in [0.717, 1.165) is 28.6 Å². The maximum Gasteiger partial charge on any atom is 0.130 e. The summed E-state index contributed by atoms with van der Waals surface area (Å²) in [6.45, 7) is 2.29. The summed E-state index contributed by atoms with van der Waals surface area (Å²) in [5, 5.41) is 0. The average molecular weight is 467 g/mol. The van der Waals surface area contributed by atoms with Crippen LogP contribution in [0.25, 0.3) is 0 Å². The number of hydrogen-bond acceptors (Lipinski definition) is 4. The average Bonchev–Trinajstić information content (AvgIpc) is 2.82. The molecule has 0 fully saturated rings. The van der Waals surface area contributed by atoms with Crippen molar-refractivity contribution < 1.29 is 14.2 Å². The molecule has 0 N–H and O–H groups in total. The van der Waals surface area contributed by atoms with E-state index in [-0.39, 0.29) is 0 Å². The van der Waals surface area contributed by atoms with E-state index in [0.29, 0.717) is 0 Å². The lowest BCUT2D eigenvalue weighted by Gasteiger charge is -2.14. The molecule has 0 aliphatic heterocycles. The van der Waals surface area contributed by atoms with Crippen molar-refractivity contribution in [3.8, 4) is 17.2 Å². The van der Waals surface area contributed by atoms with Crippen molar-refractivity contribution in [2.45, 2.75) is 115 Å². The minimum atomic E-state index is 0.769. The van der Waals surface area contributed by atoms with Gasteiger partial charge in [-0.1, -0.05) is 103 Å². The zero-order chi connectivity index (χ0) is 23.3. The zero-order valence-electron chi connectivity index (χ0n) is 21.5. The number of methoxy groups -OCH3 is 3. The molecule has 0 saturated heterocycles. The van der Waals surface area contributed by atoms with Crippen LogP contribution in [0, 0.1) is 0 Å². The second-order valence-electron chi connectivity index (χ2n) is 8.87. The van der Waals surface area contributed by atoms with Crippen LogP contribution in [0.3, 0.4) is 0 Å². The van der Waals surface area contributed by atoms with Crippen molar-refractivity contribution >= 4 is 11.8 Å². The molecule has 32 heavy (non-hydrogen) atoms. The molecule has 186 valence electrons.